The molecule has 14 heteroatoms. The molecule has 3 N–H and O–H groups in total. The summed E-state index contributed by atoms with van der Waals surface area (Å²) in [5, 5.41) is 26.4. The van der Waals surface area contributed by atoms with Gasteiger partial charge in [-0.2, -0.15) is 22.0 Å². The molecule has 162 valence electrons. The topological polar surface area (TPSA) is 113 Å². The molecular weight excluding hydrogens is 441 g/mol. The van der Waals surface area contributed by atoms with Crippen LogP contribution in [-0.2, 0) is 4.74 Å². The predicted molar refractivity (Wildman–Crippen MR) is 95.4 cm³/mol. The number of alkyl halides is 5. The van der Waals surface area contributed by atoms with Gasteiger partial charge in [0.15, 0.2) is 17.3 Å². The molecule has 30 heavy (non-hydrogen) atoms. The highest BCUT2D eigenvalue weighted by Gasteiger charge is 2.62. The van der Waals surface area contributed by atoms with Gasteiger partial charge in [0.25, 0.3) is 0 Å². The zero-order valence-corrected chi connectivity index (χ0v) is 15.9. The van der Waals surface area contributed by atoms with E-state index in [1.807, 2.05) is 0 Å². The maximum atomic E-state index is 13.4. The fourth-order valence-corrected chi connectivity index (χ4v) is 2.40. The fourth-order valence-electron chi connectivity index (χ4n) is 2.21. The predicted octanol–water partition coefficient (Wildman–Crippen LogP) is 3.51. The van der Waals surface area contributed by atoms with E-state index in [0.29, 0.717) is 4.68 Å². The number of carbonyl (C=O) groups excluding carboxylic acids is 1. The van der Waals surface area contributed by atoms with E-state index in [4.69, 9.17) is 17.0 Å². The van der Waals surface area contributed by atoms with Crippen LogP contribution in [0, 0.1) is 5.41 Å². The fraction of sp³-hybridized carbons (Fsp3) is 0.250. The number of esters is 1. The first-order valence-electron chi connectivity index (χ1n) is 7.81. The van der Waals surface area contributed by atoms with Gasteiger partial charge in [0.1, 0.15) is 5.69 Å². The Morgan fingerprint density at radius 1 is 1.30 bits per heavy atom. The van der Waals surface area contributed by atoms with Gasteiger partial charge in [0.05, 0.1) is 23.9 Å². The zero-order valence-electron chi connectivity index (χ0n) is 15.2. The molecule has 0 radical (unpaired) electrons. The molecule has 0 bridgehead atoms. The minimum Gasteiger partial charge on any atom is -0.503 e. The Balaban J connectivity index is 2.49. The number of methoxy groups -OCH3 is 1. The van der Waals surface area contributed by atoms with Crippen LogP contribution in [-0.4, -0.2) is 58.0 Å². The van der Waals surface area contributed by atoms with Gasteiger partial charge in [-0.15, -0.1) is 5.10 Å². The second-order valence-corrected chi connectivity index (χ2v) is 6.04. The second kappa shape index (κ2) is 8.26. The van der Waals surface area contributed by atoms with Crippen molar-refractivity contribution in [3.8, 4) is 11.3 Å². The number of allylic oxidation sites excluding steroid dienone is 1. The lowest BCUT2D eigenvalue weighted by molar-refractivity contribution is -0.249. The van der Waals surface area contributed by atoms with Crippen LogP contribution in [0.4, 0.5) is 22.0 Å². The van der Waals surface area contributed by atoms with Crippen molar-refractivity contribution in [2.24, 2.45) is 0 Å². The van der Waals surface area contributed by atoms with Crippen LogP contribution < -0.4 is 5.32 Å². The Morgan fingerprint density at radius 2 is 1.93 bits per heavy atom. The maximum absolute atomic E-state index is 13.4. The largest absolute Gasteiger partial charge is 0.503 e. The van der Waals surface area contributed by atoms with Crippen molar-refractivity contribution in [1.29, 1.82) is 5.41 Å². The first-order chi connectivity index (χ1) is 13.8. The van der Waals surface area contributed by atoms with E-state index in [1.165, 1.54) is 18.2 Å². The molecule has 0 aliphatic carbocycles. The van der Waals surface area contributed by atoms with E-state index < -0.39 is 35.4 Å². The van der Waals surface area contributed by atoms with Gasteiger partial charge in [-0.25, -0.2) is 9.48 Å². The Kier molecular flexibility index (Phi) is 6.35. The highest BCUT2D eigenvalue weighted by atomic mass is 35.5. The molecule has 2 rings (SSSR count). The molecule has 0 aliphatic heterocycles. The summed E-state index contributed by atoms with van der Waals surface area (Å²) in [6, 6.07) is 4.09. The molecule has 8 nitrogen and oxygen atoms in total. The lowest BCUT2D eigenvalue weighted by atomic mass is 10.1. The van der Waals surface area contributed by atoms with Crippen molar-refractivity contribution in [2.75, 3.05) is 14.2 Å². The molecule has 0 atom stereocenters. The number of halogens is 6. The Hall–Kier alpha value is -3.22. The number of ether oxygens (including phenoxy) is 1. The van der Waals surface area contributed by atoms with Crippen LogP contribution in [0.2, 0.25) is 5.02 Å². The minimum atomic E-state index is -6.09. The number of carbonyl (C=O) groups is 1. The number of nitrogens with zero attached hydrogens (tertiary/aromatic N) is 3. The van der Waals surface area contributed by atoms with E-state index in [2.05, 4.69) is 20.4 Å². The number of aromatic nitrogens is 3. The molecule has 0 unspecified atom stereocenters. The first kappa shape index (κ1) is 23.1. The van der Waals surface area contributed by atoms with Gasteiger partial charge >= 0.3 is 18.1 Å². The highest BCUT2D eigenvalue weighted by molar-refractivity contribution is 6.33. The van der Waals surface area contributed by atoms with E-state index in [1.54, 1.807) is 0 Å². The number of nitrogens with one attached hydrogen (secondary N) is 2. The number of aliphatic hydroxyl groups is 1. The van der Waals surface area contributed by atoms with Crippen molar-refractivity contribution in [1.82, 2.24) is 20.3 Å². The van der Waals surface area contributed by atoms with Crippen molar-refractivity contribution in [3.63, 3.8) is 0 Å². The number of benzene rings is 1. The average Bonchev–Trinajstić information content (AvgIpc) is 3.16. The van der Waals surface area contributed by atoms with Gasteiger partial charge in [-0.05, 0) is 12.1 Å². The summed E-state index contributed by atoms with van der Waals surface area (Å²) in [6.07, 6.45) is -5.02. The quantitative estimate of drug-likeness (QED) is 0.267. The first-order valence-corrected chi connectivity index (χ1v) is 8.18. The highest BCUT2D eigenvalue weighted by Crippen LogP contribution is 2.38. The van der Waals surface area contributed by atoms with Crippen molar-refractivity contribution in [3.05, 3.63) is 40.7 Å². The summed E-state index contributed by atoms with van der Waals surface area (Å²) in [7, 11) is 2.24. The molecule has 1 heterocycles. The Bertz CT molecular complexity index is 1020. The smallest absolute Gasteiger partial charge is 0.459 e. The van der Waals surface area contributed by atoms with Crippen molar-refractivity contribution < 1.29 is 36.6 Å². The Labute approximate surface area is 170 Å². The summed E-state index contributed by atoms with van der Waals surface area (Å²) in [5.74, 6) is -8.80. The van der Waals surface area contributed by atoms with Gasteiger partial charge < -0.3 is 15.2 Å². The van der Waals surface area contributed by atoms with Crippen LogP contribution in [0.1, 0.15) is 10.4 Å². The van der Waals surface area contributed by atoms with E-state index in [-0.39, 0.29) is 21.8 Å². The maximum Gasteiger partial charge on any atom is 0.459 e. The van der Waals surface area contributed by atoms with Crippen LogP contribution in [0.5, 0.6) is 0 Å². The number of hydrogen-bond donors (Lipinski definition) is 3. The third-order valence-corrected chi connectivity index (χ3v) is 4.09. The standard InChI is InChI=1S/C16H13ClF5N5O3/c1-24-13(11(28)12(23)15(18,19)16(20,21)22)27-6-10(25-26-27)7-3-4-9(17)8(5-7)14(29)30-2/h3-6,23-24,28H,1-2H3/b13-11-,23-12?. The van der Waals surface area contributed by atoms with Crippen LogP contribution >= 0.6 is 11.6 Å². The van der Waals surface area contributed by atoms with Gasteiger partial charge in [0.2, 0.25) is 0 Å². The Morgan fingerprint density at radius 3 is 2.47 bits per heavy atom. The monoisotopic (exact) mass is 453 g/mol. The molecule has 0 saturated heterocycles. The average molecular weight is 454 g/mol. The molecule has 0 spiro atoms. The molecule has 1 aromatic heterocycles. The summed E-state index contributed by atoms with van der Waals surface area (Å²) in [4.78, 5) is 11.7. The molecule has 1 aromatic carbocycles. The summed E-state index contributed by atoms with van der Waals surface area (Å²) < 4.78 is 69.4. The molecule has 0 saturated carbocycles. The molecular formula is C16H13ClF5N5O3. The van der Waals surface area contributed by atoms with Gasteiger partial charge in [0, 0.05) is 12.6 Å². The molecule has 0 fully saturated rings. The summed E-state index contributed by atoms with van der Waals surface area (Å²) in [6.45, 7) is 0. The second-order valence-electron chi connectivity index (χ2n) is 5.63. The van der Waals surface area contributed by atoms with E-state index in [0.717, 1.165) is 20.4 Å². The molecule has 2 aromatic rings. The number of aliphatic hydroxyl groups excluding tert-OH is 1. The SMILES string of the molecule is CN/C(=C(/O)C(=N)C(F)(F)C(F)(F)F)n1cc(-c2ccc(Cl)c(C(=O)OC)c2)nn1. The van der Waals surface area contributed by atoms with Crippen LogP contribution in [0.25, 0.3) is 17.1 Å². The van der Waals surface area contributed by atoms with Crippen molar-refractivity contribution >= 4 is 29.1 Å². The van der Waals surface area contributed by atoms with Gasteiger partial charge in [-0.3, -0.25) is 5.41 Å². The molecule has 0 amide bonds. The number of rotatable bonds is 6. The lowest BCUT2D eigenvalue weighted by Gasteiger charge is -2.21. The third-order valence-electron chi connectivity index (χ3n) is 3.76. The van der Waals surface area contributed by atoms with E-state index >= 15 is 0 Å². The number of hydrogen-bond acceptors (Lipinski definition) is 7. The van der Waals surface area contributed by atoms with E-state index in [9.17, 15) is 31.9 Å². The normalized spacial score (nSPS) is 12.9. The minimum absolute atomic E-state index is 0.00922. The van der Waals surface area contributed by atoms with Crippen LogP contribution in [0.3, 0.4) is 0 Å². The van der Waals surface area contributed by atoms with Crippen molar-refractivity contribution in [2.45, 2.75) is 12.1 Å². The third kappa shape index (κ3) is 4.20. The van der Waals surface area contributed by atoms with Crippen LogP contribution in [0.15, 0.2) is 30.2 Å². The van der Waals surface area contributed by atoms with Gasteiger partial charge in [-0.1, -0.05) is 22.9 Å². The molecule has 0 aliphatic rings. The lowest BCUT2D eigenvalue weighted by Crippen LogP contribution is -2.45. The zero-order chi connectivity index (χ0) is 22.9. The summed E-state index contributed by atoms with van der Waals surface area (Å²) >= 11 is 5.91. The summed E-state index contributed by atoms with van der Waals surface area (Å²) in [5.41, 5.74) is -2.07.